The lowest BCUT2D eigenvalue weighted by molar-refractivity contribution is -0.199. The fourth-order valence-corrected chi connectivity index (χ4v) is 4.35. The van der Waals surface area contributed by atoms with Gasteiger partial charge in [-0.2, -0.15) is 0 Å². The van der Waals surface area contributed by atoms with E-state index < -0.39 is 34.2 Å². The highest BCUT2D eigenvalue weighted by molar-refractivity contribution is 6.55. The summed E-state index contributed by atoms with van der Waals surface area (Å²) in [6.07, 6.45) is 0.152. The van der Waals surface area contributed by atoms with Crippen LogP contribution in [0.1, 0.15) is 25.0 Å². The van der Waals surface area contributed by atoms with Crippen LogP contribution in [0.4, 0.5) is 0 Å². The third-order valence-electron chi connectivity index (χ3n) is 2.45. The molecule has 0 saturated carbocycles. The summed E-state index contributed by atoms with van der Waals surface area (Å²) in [5.41, 5.74) is 0.863. The van der Waals surface area contributed by atoms with Gasteiger partial charge in [0.15, 0.2) is 9.04 Å². The van der Waals surface area contributed by atoms with Crippen molar-refractivity contribution in [2.24, 2.45) is 0 Å². The molecule has 0 heterocycles. The Morgan fingerprint density at radius 1 is 1.25 bits per heavy atom. The van der Waals surface area contributed by atoms with E-state index in [0.29, 0.717) is 6.42 Å². The minimum absolute atomic E-state index is 0.441. The Morgan fingerprint density at radius 3 is 2.45 bits per heavy atom. The summed E-state index contributed by atoms with van der Waals surface area (Å²) in [7, 11) is -6.81. The van der Waals surface area contributed by atoms with E-state index in [1.807, 2.05) is 50.3 Å². The van der Waals surface area contributed by atoms with Gasteiger partial charge >= 0.3 is 19.1 Å². The first-order valence-electron chi connectivity index (χ1n) is 6.54. The highest BCUT2D eigenvalue weighted by atomic mass is 28.4. The first-order valence-corrected chi connectivity index (χ1v) is 12.2. The van der Waals surface area contributed by atoms with Gasteiger partial charge in [-0.25, -0.2) is 4.58 Å². The molecule has 0 spiro atoms. The van der Waals surface area contributed by atoms with Gasteiger partial charge < -0.3 is 18.1 Å². The number of rotatable bonds is 9. The molecule has 1 atom stereocenters. The molecule has 1 rings (SSSR count). The average molecular weight is 335 g/mol. The van der Waals surface area contributed by atoms with Gasteiger partial charge in [-0.15, -0.1) is 0 Å². The lowest BCUT2D eigenvalue weighted by atomic mass is 10.1. The van der Waals surface area contributed by atoms with Crippen molar-refractivity contribution >= 4 is 28.1 Å². The van der Waals surface area contributed by atoms with E-state index in [0.717, 1.165) is 5.56 Å². The van der Waals surface area contributed by atoms with Gasteiger partial charge in [-0.1, -0.05) is 37.3 Å². The van der Waals surface area contributed by atoms with E-state index in [-0.39, 0.29) is 0 Å². The molecule has 2 N–H and O–H groups in total. The Bertz CT molecular complexity index is 376. The van der Waals surface area contributed by atoms with E-state index in [1.54, 1.807) is 0 Å². The SMILES string of the molecule is CCC(O[Si](O)(O)OO[SiH2]O[SiH](C)C)c1ccccc1. The third-order valence-corrected chi connectivity index (χ3v) is 7.04. The Morgan fingerprint density at radius 2 is 1.90 bits per heavy atom. The molecule has 20 heavy (non-hydrogen) atoms. The molecule has 0 bridgehead atoms. The maximum absolute atomic E-state index is 9.75. The van der Waals surface area contributed by atoms with Crippen LogP contribution >= 0.6 is 0 Å². The van der Waals surface area contributed by atoms with Crippen molar-refractivity contribution in [3.05, 3.63) is 35.9 Å². The van der Waals surface area contributed by atoms with Crippen LogP contribution in [0.5, 0.6) is 0 Å². The molecule has 1 aromatic rings. The van der Waals surface area contributed by atoms with Crippen molar-refractivity contribution in [2.75, 3.05) is 0 Å². The molecule has 0 aliphatic heterocycles. The van der Waals surface area contributed by atoms with Crippen LogP contribution in [0, 0.1) is 0 Å². The molecule has 0 aromatic heterocycles. The molecule has 0 amide bonds. The second kappa shape index (κ2) is 8.82. The van der Waals surface area contributed by atoms with Gasteiger partial charge in [-0.3, -0.25) is 4.58 Å². The van der Waals surface area contributed by atoms with Crippen LogP contribution in [0.2, 0.25) is 13.1 Å². The zero-order chi connectivity index (χ0) is 15.0. The molecular formula is C11H22O6Si3. The van der Waals surface area contributed by atoms with Gasteiger partial charge in [0, 0.05) is 0 Å². The monoisotopic (exact) mass is 334 g/mol. The summed E-state index contributed by atoms with van der Waals surface area (Å²) in [6, 6.07) is 9.34. The second-order valence-electron chi connectivity index (χ2n) is 4.51. The van der Waals surface area contributed by atoms with Crippen molar-refractivity contribution in [1.29, 1.82) is 0 Å². The zero-order valence-electron chi connectivity index (χ0n) is 12.0. The van der Waals surface area contributed by atoms with E-state index in [4.69, 9.17) is 13.1 Å². The lowest BCUT2D eigenvalue weighted by Gasteiger charge is -2.23. The highest BCUT2D eigenvalue weighted by Crippen LogP contribution is 2.23. The summed E-state index contributed by atoms with van der Waals surface area (Å²) >= 11 is 0. The van der Waals surface area contributed by atoms with E-state index in [1.165, 1.54) is 0 Å². The van der Waals surface area contributed by atoms with Crippen molar-refractivity contribution in [1.82, 2.24) is 0 Å². The summed E-state index contributed by atoms with van der Waals surface area (Å²) in [5, 5.41) is 0. The normalized spacial score (nSPS) is 14.3. The first-order chi connectivity index (χ1) is 9.44. The largest absolute Gasteiger partial charge is 0.702 e. The molecule has 1 unspecified atom stereocenters. The molecule has 0 saturated heterocycles. The standard InChI is InChI=1S/C11H22O6Si3/c1-4-11(10-8-6-5-7-9-10)14-20(12,13)16-15-18-17-19(2)3/h5-9,11-13,19H,4,18H2,1-3H3. The van der Waals surface area contributed by atoms with Crippen molar-refractivity contribution < 1.29 is 27.3 Å². The predicted molar refractivity (Wildman–Crippen MR) is 81.4 cm³/mol. The van der Waals surface area contributed by atoms with E-state index in [2.05, 4.69) is 4.58 Å². The quantitative estimate of drug-likeness (QED) is 0.297. The summed E-state index contributed by atoms with van der Waals surface area (Å²) in [6.45, 7) is 5.89. The van der Waals surface area contributed by atoms with Gasteiger partial charge in [0.05, 0.1) is 6.10 Å². The van der Waals surface area contributed by atoms with Gasteiger partial charge in [0.1, 0.15) is 0 Å². The molecular weight excluding hydrogens is 312 g/mol. The zero-order valence-corrected chi connectivity index (χ0v) is 15.6. The van der Waals surface area contributed by atoms with Crippen molar-refractivity contribution in [3.63, 3.8) is 0 Å². The Labute approximate surface area is 124 Å². The van der Waals surface area contributed by atoms with E-state index in [9.17, 15) is 9.59 Å². The maximum Gasteiger partial charge on any atom is 0.702 e. The van der Waals surface area contributed by atoms with Crippen molar-refractivity contribution in [3.8, 4) is 0 Å². The molecule has 0 radical (unpaired) electrons. The molecule has 0 fully saturated rings. The van der Waals surface area contributed by atoms with Crippen LogP contribution in [-0.2, 0) is 17.7 Å². The molecule has 0 aliphatic carbocycles. The van der Waals surface area contributed by atoms with Crippen LogP contribution in [-0.4, -0.2) is 37.7 Å². The Balaban J connectivity index is 2.46. The smallest absolute Gasteiger partial charge is 0.442 e. The highest BCUT2D eigenvalue weighted by Gasteiger charge is 2.41. The molecule has 114 valence electrons. The van der Waals surface area contributed by atoms with Crippen LogP contribution < -0.4 is 0 Å². The van der Waals surface area contributed by atoms with Crippen molar-refractivity contribution in [2.45, 2.75) is 32.5 Å². The van der Waals surface area contributed by atoms with Crippen LogP contribution in [0.25, 0.3) is 0 Å². The first kappa shape index (κ1) is 17.7. The predicted octanol–water partition coefficient (Wildman–Crippen LogP) is 0.522. The number of hydrogen-bond donors (Lipinski definition) is 2. The topological polar surface area (TPSA) is 77.4 Å². The second-order valence-corrected chi connectivity index (χ2v) is 9.91. The fourth-order valence-electron chi connectivity index (χ4n) is 1.52. The minimum Gasteiger partial charge on any atom is -0.442 e. The molecule has 9 heteroatoms. The molecule has 0 aliphatic rings. The van der Waals surface area contributed by atoms with Gasteiger partial charge in [0.2, 0.25) is 0 Å². The Hall–Kier alpha value is -0.369. The van der Waals surface area contributed by atoms with Crippen LogP contribution in [0.3, 0.4) is 0 Å². The summed E-state index contributed by atoms with van der Waals surface area (Å²) < 4.78 is 20.0. The number of hydrogen-bond acceptors (Lipinski definition) is 6. The fraction of sp³-hybridized carbons (Fsp3) is 0.455. The summed E-state index contributed by atoms with van der Waals surface area (Å²) in [5.74, 6) is 0. The minimum atomic E-state index is -4.29. The molecule has 1 aromatic carbocycles. The Kier molecular flexibility index (Phi) is 7.79. The molecule has 6 nitrogen and oxygen atoms in total. The van der Waals surface area contributed by atoms with Crippen LogP contribution in [0.15, 0.2) is 30.3 Å². The maximum atomic E-state index is 9.75. The average Bonchev–Trinajstić information content (AvgIpc) is 2.42. The van der Waals surface area contributed by atoms with Gasteiger partial charge in [-0.05, 0) is 25.1 Å². The lowest BCUT2D eigenvalue weighted by Crippen LogP contribution is -2.44. The summed E-state index contributed by atoms with van der Waals surface area (Å²) in [4.78, 5) is 19.5. The number of benzene rings is 1. The third kappa shape index (κ3) is 6.88. The van der Waals surface area contributed by atoms with E-state index >= 15 is 0 Å². The van der Waals surface area contributed by atoms with Gasteiger partial charge in [0.25, 0.3) is 0 Å².